The number of aryl methyl sites for hydroxylation is 1. The van der Waals surface area contributed by atoms with Crippen LogP contribution in [0.15, 0.2) is 18.2 Å². The molecule has 1 rings (SSSR count). The highest BCUT2D eigenvalue weighted by Gasteiger charge is 2.10. The van der Waals surface area contributed by atoms with Gasteiger partial charge in [-0.05, 0) is 30.5 Å². The number of alkyl halides is 1. The Bertz CT molecular complexity index is 292. The summed E-state index contributed by atoms with van der Waals surface area (Å²) in [6.07, 6.45) is 0.872. The maximum atomic E-state index is 13.2. The van der Waals surface area contributed by atoms with Gasteiger partial charge < -0.3 is 4.79 Å². The fraction of sp³-hybridized carbons (Fsp3) is 0.300. The number of benzene rings is 1. The molecule has 13 heavy (non-hydrogen) atoms. The number of rotatable bonds is 3. The monoisotopic (exact) mass is 200 g/mol. The summed E-state index contributed by atoms with van der Waals surface area (Å²) in [5.74, 6) is -0.299. The van der Waals surface area contributed by atoms with Gasteiger partial charge in [-0.2, -0.15) is 0 Å². The van der Waals surface area contributed by atoms with E-state index in [1.54, 1.807) is 19.1 Å². The smallest absolute Gasteiger partial charge is 0.138 e. The van der Waals surface area contributed by atoms with E-state index in [1.165, 1.54) is 6.07 Å². The maximum absolute atomic E-state index is 13.2. The summed E-state index contributed by atoms with van der Waals surface area (Å²) >= 11 is 5.61. The molecule has 1 aromatic rings. The van der Waals surface area contributed by atoms with Gasteiger partial charge in [0.1, 0.15) is 12.1 Å². The lowest BCUT2D eigenvalue weighted by Gasteiger charge is -2.07. The van der Waals surface area contributed by atoms with E-state index >= 15 is 0 Å². The topological polar surface area (TPSA) is 17.1 Å². The summed E-state index contributed by atoms with van der Waals surface area (Å²) < 4.78 is 13.2. The molecule has 0 saturated carbocycles. The van der Waals surface area contributed by atoms with Crippen LogP contribution in [0.1, 0.15) is 11.1 Å². The Kier molecular flexibility index (Phi) is 3.43. The molecule has 1 unspecified atom stereocenters. The van der Waals surface area contributed by atoms with E-state index < -0.39 is 5.38 Å². The van der Waals surface area contributed by atoms with Gasteiger partial charge in [0.25, 0.3) is 0 Å². The van der Waals surface area contributed by atoms with Crippen molar-refractivity contribution in [1.82, 2.24) is 0 Å². The van der Waals surface area contributed by atoms with E-state index in [9.17, 15) is 9.18 Å². The molecule has 0 heterocycles. The van der Waals surface area contributed by atoms with Crippen LogP contribution in [-0.2, 0) is 11.2 Å². The van der Waals surface area contributed by atoms with Gasteiger partial charge in [0.05, 0.1) is 5.38 Å². The van der Waals surface area contributed by atoms with Crippen LogP contribution in [-0.4, -0.2) is 11.7 Å². The predicted octanol–water partition coefficient (Wildman–Crippen LogP) is 2.48. The quantitative estimate of drug-likeness (QED) is 0.541. The molecule has 70 valence electrons. The molecule has 3 heteroatoms. The van der Waals surface area contributed by atoms with E-state index in [2.05, 4.69) is 0 Å². The lowest BCUT2D eigenvalue weighted by Crippen LogP contribution is -2.07. The first-order valence-electron chi connectivity index (χ1n) is 3.98. The predicted molar refractivity (Wildman–Crippen MR) is 50.5 cm³/mol. The Hall–Kier alpha value is -0.890. The molecule has 0 bridgehead atoms. The van der Waals surface area contributed by atoms with Crippen LogP contribution < -0.4 is 0 Å². The van der Waals surface area contributed by atoms with Gasteiger partial charge >= 0.3 is 0 Å². The van der Waals surface area contributed by atoms with Crippen molar-refractivity contribution in [3.8, 4) is 0 Å². The number of aldehydes is 1. The molecule has 0 amide bonds. The Labute approximate surface area is 81.5 Å². The second-order valence-electron chi connectivity index (χ2n) is 2.89. The molecular formula is C10H10ClFO. The second-order valence-corrected chi connectivity index (χ2v) is 3.45. The molecule has 0 fully saturated rings. The molecule has 0 radical (unpaired) electrons. The van der Waals surface area contributed by atoms with Crippen molar-refractivity contribution in [2.24, 2.45) is 0 Å². The zero-order valence-electron chi connectivity index (χ0n) is 7.26. The first-order chi connectivity index (χ1) is 6.15. The van der Waals surface area contributed by atoms with Crippen LogP contribution in [0.25, 0.3) is 0 Å². The van der Waals surface area contributed by atoms with Gasteiger partial charge in [-0.15, -0.1) is 11.6 Å². The second kappa shape index (κ2) is 4.38. The van der Waals surface area contributed by atoms with Gasteiger partial charge in [-0.3, -0.25) is 0 Å². The van der Waals surface area contributed by atoms with Gasteiger partial charge in [-0.1, -0.05) is 12.1 Å². The van der Waals surface area contributed by atoms with Crippen LogP contribution in [0.4, 0.5) is 4.39 Å². The standard InChI is InChI=1S/C10H10ClFO/c1-7-3-2-4-10(12)9(7)5-8(11)6-13/h2-4,6,8H,5H2,1H3. The third-order valence-electron chi connectivity index (χ3n) is 1.90. The van der Waals surface area contributed by atoms with Crippen molar-refractivity contribution in [1.29, 1.82) is 0 Å². The normalized spacial score (nSPS) is 12.5. The average molecular weight is 201 g/mol. The lowest BCUT2D eigenvalue weighted by atomic mass is 10.0. The van der Waals surface area contributed by atoms with Crippen molar-refractivity contribution in [3.63, 3.8) is 0 Å². The number of hydrogen-bond acceptors (Lipinski definition) is 1. The van der Waals surface area contributed by atoms with E-state index in [4.69, 9.17) is 11.6 Å². The Morgan fingerprint density at radius 2 is 2.31 bits per heavy atom. The SMILES string of the molecule is Cc1cccc(F)c1CC(Cl)C=O. The molecule has 0 N–H and O–H groups in total. The van der Waals surface area contributed by atoms with Crippen LogP contribution in [0.5, 0.6) is 0 Å². The van der Waals surface area contributed by atoms with E-state index in [0.717, 1.165) is 5.56 Å². The molecular weight excluding hydrogens is 191 g/mol. The molecule has 0 aliphatic carbocycles. The number of carbonyl (C=O) groups is 1. The Morgan fingerprint density at radius 1 is 1.62 bits per heavy atom. The summed E-state index contributed by atoms with van der Waals surface area (Å²) in [6.45, 7) is 1.80. The molecule has 0 aliphatic rings. The minimum Gasteiger partial charge on any atom is -0.302 e. The maximum Gasteiger partial charge on any atom is 0.138 e. The van der Waals surface area contributed by atoms with Gasteiger partial charge in [0.15, 0.2) is 0 Å². The first kappa shape index (κ1) is 10.2. The molecule has 0 saturated heterocycles. The van der Waals surface area contributed by atoms with Crippen molar-refractivity contribution in [2.75, 3.05) is 0 Å². The largest absolute Gasteiger partial charge is 0.302 e. The third-order valence-corrected chi connectivity index (χ3v) is 2.16. The number of carbonyl (C=O) groups excluding carboxylic acids is 1. The van der Waals surface area contributed by atoms with E-state index in [1.807, 2.05) is 0 Å². The van der Waals surface area contributed by atoms with Gasteiger partial charge in [-0.25, -0.2) is 4.39 Å². The van der Waals surface area contributed by atoms with Gasteiger partial charge in [0, 0.05) is 0 Å². The molecule has 0 aromatic heterocycles. The van der Waals surface area contributed by atoms with E-state index in [0.29, 0.717) is 11.8 Å². The Morgan fingerprint density at radius 3 is 2.85 bits per heavy atom. The minimum absolute atomic E-state index is 0.254. The third kappa shape index (κ3) is 2.52. The minimum atomic E-state index is -0.643. The summed E-state index contributed by atoms with van der Waals surface area (Å²) in [6, 6.07) is 4.81. The van der Waals surface area contributed by atoms with Crippen LogP contribution >= 0.6 is 11.6 Å². The molecule has 0 spiro atoms. The van der Waals surface area contributed by atoms with E-state index in [-0.39, 0.29) is 12.2 Å². The summed E-state index contributed by atoms with van der Waals surface area (Å²) in [5, 5.41) is -0.643. The van der Waals surface area contributed by atoms with Crippen molar-refractivity contribution in [3.05, 3.63) is 35.1 Å². The van der Waals surface area contributed by atoms with Crippen LogP contribution in [0.3, 0.4) is 0 Å². The van der Waals surface area contributed by atoms with Crippen molar-refractivity contribution in [2.45, 2.75) is 18.7 Å². The molecule has 1 nitrogen and oxygen atoms in total. The summed E-state index contributed by atoms with van der Waals surface area (Å²) in [5.41, 5.74) is 1.35. The fourth-order valence-electron chi connectivity index (χ4n) is 1.17. The first-order valence-corrected chi connectivity index (χ1v) is 4.42. The van der Waals surface area contributed by atoms with Gasteiger partial charge in [0.2, 0.25) is 0 Å². The molecule has 0 aliphatic heterocycles. The molecule has 1 atom stereocenters. The zero-order chi connectivity index (χ0) is 9.84. The van der Waals surface area contributed by atoms with Crippen molar-refractivity contribution < 1.29 is 9.18 Å². The highest BCUT2D eigenvalue weighted by molar-refractivity contribution is 6.27. The molecule has 1 aromatic carbocycles. The summed E-state index contributed by atoms with van der Waals surface area (Å²) in [4.78, 5) is 10.3. The lowest BCUT2D eigenvalue weighted by molar-refractivity contribution is -0.107. The summed E-state index contributed by atoms with van der Waals surface area (Å²) in [7, 11) is 0. The average Bonchev–Trinajstić information content (AvgIpc) is 2.11. The van der Waals surface area contributed by atoms with Crippen molar-refractivity contribution >= 4 is 17.9 Å². The fourth-order valence-corrected chi connectivity index (χ4v) is 1.32. The highest BCUT2D eigenvalue weighted by Crippen LogP contribution is 2.15. The van der Waals surface area contributed by atoms with Crippen LogP contribution in [0, 0.1) is 12.7 Å². The highest BCUT2D eigenvalue weighted by atomic mass is 35.5. The Balaban J connectivity index is 2.93. The number of hydrogen-bond donors (Lipinski definition) is 0. The number of halogens is 2. The van der Waals surface area contributed by atoms with Crippen LogP contribution in [0.2, 0.25) is 0 Å². The zero-order valence-corrected chi connectivity index (χ0v) is 8.01.